The van der Waals surface area contributed by atoms with E-state index in [1.54, 1.807) is 34.2 Å². The van der Waals surface area contributed by atoms with Gasteiger partial charge in [0.05, 0.1) is 5.03 Å². The Bertz CT molecular complexity index is 768. The number of hydrogen-bond acceptors (Lipinski definition) is 4. The normalized spacial score (nSPS) is 16.7. The Morgan fingerprint density at radius 2 is 2.05 bits per heavy atom. The van der Waals surface area contributed by atoms with Gasteiger partial charge in [-0.1, -0.05) is 25.1 Å². The molecular formula is C16H18N2O2S2. The number of nitrogens with zero attached hydrogens (tertiary/aromatic N) is 2. The van der Waals surface area contributed by atoms with Crippen LogP contribution in [0.1, 0.15) is 13.3 Å². The fourth-order valence-corrected chi connectivity index (χ4v) is 4.82. The highest BCUT2D eigenvalue weighted by Gasteiger charge is 2.25. The Kier molecular flexibility index (Phi) is 4.78. The van der Waals surface area contributed by atoms with Crippen LogP contribution in [0.15, 0.2) is 55.9 Å². The van der Waals surface area contributed by atoms with Gasteiger partial charge in [-0.05, 0) is 18.6 Å². The van der Waals surface area contributed by atoms with E-state index in [2.05, 4.69) is 12.1 Å². The molecule has 1 atom stereocenters. The minimum Gasteiger partial charge on any atom is -0.287 e. The van der Waals surface area contributed by atoms with E-state index in [1.807, 2.05) is 25.1 Å². The maximum Gasteiger partial charge on any atom is 0.331 e. The maximum atomic E-state index is 12.4. The van der Waals surface area contributed by atoms with E-state index in [1.165, 1.54) is 9.46 Å². The Labute approximate surface area is 137 Å². The first-order valence-corrected chi connectivity index (χ1v) is 9.24. The van der Waals surface area contributed by atoms with Gasteiger partial charge in [0.25, 0.3) is 5.56 Å². The third kappa shape index (κ3) is 3.17. The van der Waals surface area contributed by atoms with E-state index < -0.39 is 0 Å². The highest BCUT2D eigenvalue weighted by atomic mass is 32.2. The molecule has 4 nitrogen and oxygen atoms in total. The molecule has 3 rings (SSSR count). The van der Waals surface area contributed by atoms with Crippen molar-refractivity contribution in [3.8, 4) is 0 Å². The quantitative estimate of drug-likeness (QED) is 0.623. The number of rotatable bonds is 5. The molecule has 0 saturated carbocycles. The molecule has 0 fully saturated rings. The van der Waals surface area contributed by atoms with Crippen LogP contribution >= 0.6 is 23.5 Å². The molecule has 0 amide bonds. The van der Waals surface area contributed by atoms with Crippen LogP contribution in [0.4, 0.5) is 0 Å². The van der Waals surface area contributed by atoms with Crippen molar-refractivity contribution < 1.29 is 0 Å². The summed E-state index contributed by atoms with van der Waals surface area (Å²) in [5, 5.41) is 1.13. The van der Waals surface area contributed by atoms with Crippen LogP contribution in [0.2, 0.25) is 0 Å². The molecule has 0 bridgehead atoms. The number of benzene rings is 1. The lowest BCUT2D eigenvalue weighted by atomic mass is 10.4. The Hall–Kier alpha value is -1.40. The van der Waals surface area contributed by atoms with Crippen LogP contribution < -0.4 is 11.2 Å². The number of thioether (sulfide) groups is 2. The minimum absolute atomic E-state index is 0.163. The predicted octanol–water partition coefficient (Wildman–Crippen LogP) is 2.69. The summed E-state index contributed by atoms with van der Waals surface area (Å²) < 4.78 is 3.09. The molecule has 0 N–H and O–H groups in total. The molecule has 6 heteroatoms. The molecular weight excluding hydrogens is 316 g/mol. The second-order valence-corrected chi connectivity index (χ2v) is 7.64. The summed E-state index contributed by atoms with van der Waals surface area (Å²) >= 11 is 3.43. The molecule has 0 radical (unpaired) electrons. The summed E-state index contributed by atoms with van der Waals surface area (Å²) in [5.41, 5.74) is -0.342. The molecule has 1 unspecified atom stereocenters. The molecule has 1 aliphatic heterocycles. The van der Waals surface area contributed by atoms with Gasteiger partial charge in [0.1, 0.15) is 0 Å². The molecule has 116 valence electrons. The number of fused-ring (bicyclic) bond motifs is 1. The predicted molar refractivity (Wildman–Crippen MR) is 92.1 cm³/mol. The van der Waals surface area contributed by atoms with E-state index in [-0.39, 0.29) is 11.2 Å². The van der Waals surface area contributed by atoms with Crippen molar-refractivity contribution in [3.63, 3.8) is 0 Å². The average Bonchev–Trinajstić information content (AvgIpc) is 2.93. The summed E-state index contributed by atoms with van der Waals surface area (Å²) in [6.07, 6.45) is 0.787. The van der Waals surface area contributed by atoms with Gasteiger partial charge < -0.3 is 0 Å². The molecule has 1 aromatic carbocycles. The second kappa shape index (κ2) is 6.79. The van der Waals surface area contributed by atoms with Crippen molar-refractivity contribution in [2.75, 3.05) is 5.75 Å². The molecule has 2 heterocycles. The molecule has 0 saturated heterocycles. The zero-order chi connectivity index (χ0) is 15.5. The molecule has 22 heavy (non-hydrogen) atoms. The van der Waals surface area contributed by atoms with Crippen molar-refractivity contribution in [1.82, 2.24) is 9.13 Å². The third-order valence-electron chi connectivity index (χ3n) is 3.54. The third-order valence-corrected chi connectivity index (χ3v) is 6.16. The second-order valence-electron chi connectivity index (χ2n) is 5.23. The van der Waals surface area contributed by atoms with E-state index in [9.17, 15) is 9.59 Å². The van der Waals surface area contributed by atoms with Gasteiger partial charge >= 0.3 is 5.69 Å². The van der Waals surface area contributed by atoms with Gasteiger partial charge in [-0.3, -0.25) is 13.9 Å². The van der Waals surface area contributed by atoms with Gasteiger partial charge in [0.15, 0.2) is 0 Å². The Morgan fingerprint density at radius 1 is 1.27 bits per heavy atom. The zero-order valence-corrected chi connectivity index (χ0v) is 14.0. The van der Waals surface area contributed by atoms with E-state index in [0.717, 1.165) is 17.2 Å². The summed E-state index contributed by atoms with van der Waals surface area (Å²) in [6, 6.07) is 11.9. The fraction of sp³-hybridized carbons (Fsp3) is 0.375. The molecule has 0 aliphatic carbocycles. The van der Waals surface area contributed by atoms with Crippen LogP contribution in [-0.4, -0.2) is 20.1 Å². The number of aromatic nitrogens is 2. The SMILES string of the molecule is CCCn1c(=O)cc2n(c1=O)CC(CSc1ccccc1)S2. The zero-order valence-electron chi connectivity index (χ0n) is 12.4. The first-order chi connectivity index (χ1) is 10.7. The largest absolute Gasteiger partial charge is 0.331 e. The topological polar surface area (TPSA) is 44.0 Å². The van der Waals surface area contributed by atoms with Crippen LogP contribution in [0, 0.1) is 0 Å². The van der Waals surface area contributed by atoms with Crippen LogP contribution in [0.25, 0.3) is 0 Å². The van der Waals surface area contributed by atoms with Crippen molar-refractivity contribution in [2.45, 2.75) is 41.6 Å². The monoisotopic (exact) mass is 334 g/mol. The fourth-order valence-electron chi connectivity index (χ4n) is 2.50. The lowest BCUT2D eigenvalue weighted by Gasteiger charge is -2.08. The average molecular weight is 334 g/mol. The summed E-state index contributed by atoms with van der Waals surface area (Å²) in [7, 11) is 0. The van der Waals surface area contributed by atoms with Gasteiger partial charge in [0.2, 0.25) is 0 Å². The lowest BCUT2D eigenvalue weighted by Crippen LogP contribution is -2.39. The van der Waals surface area contributed by atoms with Gasteiger partial charge in [-0.15, -0.1) is 23.5 Å². The van der Waals surface area contributed by atoms with Gasteiger partial charge in [0, 0.05) is 35.1 Å². The molecule has 2 aromatic rings. The lowest BCUT2D eigenvalue weighted by molar-refractivity contribution is 0.528. The van der Waals surface area contributed by atoms with Gasteiger partial charge in [-0.25, -0.2) is 4.79 Å². The van der Waals surface area contributed by atoms with Crippen LogP contribution in [0.3, 0.4) is 0 Å². The Morgan fingerprint density at radius 3 is 2.77 bits per heavy atom. The summed E-state index contributed by atoms with van der Waals surface area (Å²) in [6.45, 7) is 3.15. The van der Waals surface area contributed by atoms with Crippen molar-refractivity contribution in [1.29, 1.82) is 0 Å². The standard InChI is InChI=1S/C16H18N2O2S2/c1-2-8-17-14(19)9-15-18(16(17)20)10-13(22-15)11-21-12-6-4-3-5-7-12/h3-7,9,13H,2,8,10-11H2,1H3. The van der Waals surface area contributed by atoms with E-state index in [4.69, 9.17) is 0 Å². The highest BCUT2D eigenvalue weighted by Crippen LogP contribution is 2.33. The summed E-state index contributed by atoms with van der Waals surface area (Å²) in [5.74, 6) is 0.928. The molecule has 0 spiro atoms. The number of hydrogen-bond donors (Lipinski definition) is 0. The van der Waals surface area contributed by atoms with E-state index in [0.29, 0.717) is 18.3 Å². The maximum absolute atomic E-state index is 12.4. The highest BCUT2D eigenvalue weighted by molar-refractivity contribution is 8.03. The first-order valence-electron chi connectivity index (χ1n) is 7.38. The first kappa shape index (κ1) is 15.5. The van der Waals surface area contributed by atoms with Crippen LogP contribution in [0.5, 0.6) is 0 Å². The van der Waals surface area contributed by atoms with Crippen LogP contribution in [-0.2, 0) is 13.1 Å². The van der Waals surface area contributed by atoms with Crippen molar-refractivity contribution in [3.05, 3.63) is 57.2 Å². The Balaban J connectivity index is 1.74. The smallest absolute Gasteiger partial charge is 0.287 e. The minimum atomic E-state index is -0.179. The van der Waals surface area contributed by atoms with E-state index >= 15 is 0 Å². The van der Waals surface area contributed by atoms with Gasteiger partial charge in [-0.2, -0.15) is 0 Å². The summed E-state index contributed by atoms with van der Waals surface area (Å²) in [4.78, 5) is 25.6. The molecule has 1 aliphatic rings. The van der Waals surface area contributed by atoms with Crippen molar-refractivity contribution >= 4 is 23.5 Å². The van der Waals surface area contributed by atoms with Crippen molar-refractivity contribution in [2.24, 2.45) is 0 Å². The molecule has 1 aromatic heterocycles.